The standard InChI is InChI=1S/C38H23F2N3/c39-38(40)33-20-18-27(30-17-9-15-24-10-7-8-16-29(24)30)22-31(33)32-23-28(19-21-34(32)38)37-42-35(25-11-3-1-4-12-25)41-36(43-37)26-13-5-2-6-14-26/h1-23H. The van der Waals surface area contributed by atoms with Gasteiger partial charge in [0.05, 0.1) is 0 Å². The minimum absolute atomic E-state index is 0.00855. The van der Waals surface area contributed by atoms with E-state index in [0.29, 0.717) is 34.2 Å². The molecule has 3 nitrogen and oxygen atoms in total. The van der Waals surface area contributed by atoms with Crippen molar-refractivity contribution in [3.05, 3.63) is 151 Å². The van der Waals surface area contributed by atoms with Crippen molar-refractivity contribution in [3.63, 3.8) is 0 Å². The highest BCUT2D eigenvalue weighted by Crippen LogP contribution is 2.52. The maximum absolute atomic E-state index is 15.8. The first-order valence-corrected chi connectivity index (χ1v) is 14.1. The molecule has 0 amide bonds. The van der Waals surface area contributed by atoms with Crippen molar-refractivity contribution < 1.29 is 8.78 Å². The predicted octanol–water partition coefficient (Wildman–Crippen LogP) is 9.81. The number of fused-ring (bicyclic) bond motifs is 4. The third-order valence-corrected chi connectivity index (χ3v) is 8.06. The number of halogens is 2. The van der Waals surface area contributed by atoms with Gasteiger partial charge in [0, 0.05) is 27.8 Å². The molecular weight excluding hydrogens is 536 g/mol. The number of rotatable bonds is 4. The Balaban J connectivity index is 1.30. The van der Waals surface area contributed by atoms with E-state index >= 15 is 8.78 Å². The van der Waals surface area contributed by atoms with E-state index in [0.717, 1.165) is 33.0 Å². The number of aromatic nitrogens is 3. The summed E-state index contributed by atoms with van der Waals surface area (Å²) in [6.45, 7) is 0. The van der Waals surface area contributed by atoms with Crippen molar-refractivity contribution in [2.24, 2.45) is 0 Å². The number of hydrogen-bond donors (Lipinski definition) is 0. The van der Waals surface area contributed by atoms with Crippen LogP contribution in [0, 0.1) is 0 Å². The molecule has 0 saturated carbocycles. The van der Waals surface area contributed by atoms with Crippen LogP contribution < -0.4 is 0 Å². The molecule has 1 aliphatic rings. The SMILES string of the molecule is FC1(F)c2ccc(-c3nc(-c4ccccc4)nc(-c4ccccc4)n3)cc2-c2cc(-c3cccc4ccccc34)ccc21. The first-order chi connectivity index (χ1) is 21.1. The van der Waals surface area contributed by atoms with Crippen LogP contribution in [0.25, 0.3) is 67.2 Å². The Hall–Kier alpha value is -5.55. The Kier molecular flexibility index (Phi) is 5.73. The molecule has 0 fully saturated rings. The third-order valence-electron chi connectivity index (χ3n) is 8.06. The van der Waals surface area contributed by atoms with Crippen LogP contribution in [0.1, 0.15) is 11.1 Å². The zero-order valence-corrected chi connectivity index (χ0v) is 22.9. The van der Waals surface area contributed by atoms with Gasteiger partial charge in [-0.1, -0.05) is 127 Å². The third kappa shape index (κ3) is 4.20. The van der Waals surface area contributed by atoms with Gasteiger partial charge >= 0.3 is 0 Å². The van der Waals surface area contributed by atoms with Gasteiger partial charge in [-0.25, -0.2) is 15.0 Å². The van der Waals surface area contributed by atoms with Gasteiger partial charge in [-0.3, -0.25) is 0 Å². The van der Waals surface area contributed by atoms with Crippen molar-refractivity contribution in [1.82, 2.24) is 15.0 Å². The van der Waals surface area contributed by atoms with Gasteiger partial charge in [0.15, 0.2) is 17.5 Å². The molecule has 43 heavy (non-hydrogen) atoms. The molecule has 5 heteroatoms. The fourth-order valence-electron chi connectivity index (χ4n) is 5.95. The fourth-order valence-corrected chi connectivity index (χ4v) is 5.95. The van der Waals surface area contributed by atoms with Crippen molar-refractivity contribution in [3.8, 4) is 56.4 Å². The van der Waals surface area contributed by atoms with Crippen molar-refractivity contribution >= 4 is 10.8 Å². The van der Waals surface area contributed by atoms with Crippen LogP contribution in [-0.2, 0) is 5.92 Å². The molecule has 1 heterocycles. The van der Waals surface area contributed by atoms with Gasteiger partial charge in [0.25, 0.3) is 5.92 Å². The average Bonchev–Trinajstić information content (AvgIpc) is 3.30. The molecule has 204 valence electrons. The first-order valence-electron chi connectivity index (χ1n) is 14.1. The predicted molar refractivity (Wildman–Crippen MR) is 168 cm³/mol. The second-order valence-corrected chi connectivity index (χ2v) is 10.7. The summed E-state index contributed by atoms with van der Waals surface area (Å²) < 4.78 is 31.6. The second-order valence-electron chi connectivity index (χ2n) is 10.7. The topological polar surface area (TPSA) is 38.7 Å². The van der Waals surface area contributed by atoms with Crippen LogP contribution in [0.4, 0.5) is 8.78 Å². The smallest absolute Gasteiger partial charge is 0.208 e. The van der Waals surface area contributed by atoms with E-state index in [1.54, 1.807) is 24.3 Å². The number of benzene rings is 6. The highest BCUT2D eigenvalue weighted by Gasteiger charge is 2.44. The molecule has 0 saturated heterocycles. The fraction of sp³-hybridized carbons (Fsp3) is 0.0263. The minimum atomic E-state index is -3.11. The highest BCUT2D eigenvalue weighted by molar-refractivity contribution is 5.98. The van der Waals surface area contributed by atoms with E-state index < -0.39 is 5.92 Å². The van der Waals surface area contributed by atoms with Crippen LogP contribution in [0.3, 0.4) is 0 Å². The van der Waals surface area contributed by atoms with E-state index in [-0.39, 0.29) is 11.1 Å². The zero-order chi connectivity index (χ0) is 29.0. The number of hydrogen-bond acceptors (Lipinski definition) is 3. The molecule has 8 rings (SSSR count). The second kappa shape index (κ2) is 9.78. The zero-order valence-electron chi connectivity index (χ0n) is 22.9. The molecule has 7 aromatic rings. The van der Waals surface area contributed by atoms with Crippen LogP contribution in [0.5, 0.6) is 0 Å². The van der Waals surface area contributed by atoms with Crippen molar-refractivity contribution in [1.29, 1.82) is 0 Å². The summed E-state index contributed by atoms with van der Waals surface area (Å²) >= 11 is 0. The molecule has 6 aromatic carbocycles. The quantitative estimate of drug-likeness (QED) is 0.215. The summed E-state index contributed by atoms with van der Waals surface area (Å²) in [5.41, 5.74) is 5.25. The highest BCUT2D eigenvalue weighted by atomic mass is 19.3. The van der Waals surface area contributed by atoms with Crippen LogP contribution in [0.2, 0.25) is 0 Å². The van der Waals surface area contributed by atoms with Crippen molar-refractivity contribution in [2.75, 3.05) is 0 Å². The Morgan fingerprint density at radius 1 is 0.395 bits per heavy atom. The molecule has 0 bridgehead atoms. The number of nitrogens with zero attached hydrogens (tertiary/aromatic N) is 3. The van der Waals surface area contributed by atoms with Gasteiger partial charge in [-0.05, 0) is 45.2 Å². The van der Waals surface area contributed by atoms with Gasteiger partial charge < -0.3 is 0 Å². The Morgan fingerprint density at radius 3 is 1.51 bits per heavy atom. The molecular formula is C38H23F2N3. The van der Waals surface area contributed by atoms with Crippen LogP contribution >= 0.6 is 0 Å². The first kappa shape index (κ1) is 25.2. The molecule has 0 unspecified atom stereocenters. The van der Waals surface area contributed by atoms with Crippen LogP contribution in [0.15, 0.2) is 140 Å². The van der Waals surface area contributed by atoms with Crippen molar-refractivity contribution in [2.45, 2.75) is 5.92 Å². The maximum Gasteiger partial charge on any atom is 0.299 e. The maximum atomic E-state index is 15.8. The van der Waals surface area contributed by atoms with E-state index in [4.69, 9.17) is 15.0 Å². The number of alkyl halides is 2. The Labute approximate surface area is 247 Å². The molecule has 0 aliphatic heterocycles. The van der Waals surface area contributed by atoms with E-state index in [1.807, 2.05) is 91.0 Å². The Morgan fingerprint density at radius 2 is 0.884 bits per heavy atom. The van der Waals surface area contributed by atoms with Gasteiger partial charge in [0.2, 0.25) is 0 Å². The summed E-state index contributed by atoms with van der Waals surface area (Å²) in [7, 11) is 0. The van der Waals surface area contributed by atoms with E-state index in [1.165, 1.54) is 6.07 Å². The molecule has 1 aliphatic carbocycles. The lowest BCUT2D eigenvalue weighted by atomic mass is 9.94. The summed E-state index contributed by atoms with van der Waals surface area (Å²) in [6, 6.07) is 43.9. The minimum Gasteiger partial charge on any atom is -0.208 e. The van der Waals surface area contributed by atoms with Gasteiger partial charge in [0.1, 0.15) is 0 Å². The lowest BCUT2D eigenvalue weighted by Gasteiger charge is -2.13. The molecule has 0 N–H and O–H groups in total. The summed E-state index contributed by atoms with van der Waals surface area (Å²) in [5.74, 6) is -1.63. The molecule has 0 radical (unpaired) electrons. The molecule has 0 spiro atoms. The van der Waals surface area contributed by atoms with Crippen LogP contribution in [-0.4, -0.2) is 15.0 Å². The monoisotopic (exact) mass is 559 g/mol. The normalized spacial score (nSPS) is 13.1. The van der Waals surface area contributed by atoms with Gasteiger partial charge in [-0.15, -0.1) is 0 Å². The summed E-state index contributed by atoms with van der Waals surface area (Å²) in [5, 5.41) is 2.18. The molecule has 0 atom stereocenters. The Bertz CT molecular complexity index is 2100. The largest absolute Gasteiger partial charge is 0.299 e. The lowest BCUT2D eigenvalue weighted by molar-refractivity contribution is 0.0480. The van der Waals surface area contributed by atoms with E-state index in [2.05, 4.69) is 18.2 Å². The van der Waals surface area contributed by atoms with Gasteiger partial charge in [-0.2, -0.15) is 8.78 Å². The molecule has 1 aromatic heterocycles. The average molecular weight is 560 g/mol. The van der Waals surface area contributed by atoms with E-state index in [9.17, 15) is 0 Å². The lowest BCUT2D eigenvalue weighted by Crippen LogP contribution is -2.10. The summed E-state index contributed by atoms with van der Waals surface area (Å²) in [4.78, 5) is 14.4. The summed E-state index contributed by atoms with van der Waals surface area (Å²) in [6.07, 6.45) is 0.